The number of thiophene rings is 1. The van der Waals surface area contributed by atoms with E-state index >= 15 is 0 Å². The van der Waals surface area contributed by atoms with E-state index in [9.17, 15) is 18.0 Å². The number of carbonyl (C=O) groups is 2. The van der Waals surface area contributed by atoms with Crippen molar-refractivity contribution in [1.82, 2.24) is 20.6 Å². The van der Waals surface area contributed by atoms with Crippen LogP contribution < -0.4 is 10.9 Å². The lowest BCUT2D eigenvalue weighted by Crippen LogP contribution is -2.42. The number of fused-ring (bicyclic) bond motifs is 1. The van der Waals surface area contributed by atoms with E-state index in [2.05, 4.69) is 16.0 Å². The molecule has 1 aliphatic rings. The highest BCUT2D eigenvalue weighted by Crippen LogP contribution is 2.30. The molecule has 29 heavy (non-hydrogen) atoms. The molecule has 152 valence electrons. The van der Waals surface area contributed by atoms with Gasteiger partial charge in [0.1, 0.15) is 4.83 Å². The number of aromatic nitrogens is 2. The number of aryl methyl sites for hydroxylation is 1. The molecule has 1 unspecified atom stereocenters. The maximum Gasteiger partial charge on any atom is 0.279 e. The Morgan fingerprint density at radius 2 is 2.00 bits per heavy atom. The SMILES string of the molecule is Cc1nn(-c2ccccc2)c2sc(C(=O)NNC(=O)CC3CCS(=O)(=O)C3)cc12. The van der Waals surface area contributed by atoms with Gasteiger partial charge in [0, 0.05) is 11.8 Å². The van der Waals surface area contributed by atoms with Crippen molar-refractivity contribution in [2.24, 2.45) is 5.92 Å². The first-order valence-electron chi connectivity index (χ1n) is 9.16. The first kappa shape index (κ1) is 19.6. The summed E-state index contributed by atoms with van der Waals surface area (Å²) < 4.78 is 24.8. The first-order valence-corrected chi connectivity index (χ1v) is 11.8. The van der Waals surface area contributed by atoms with E-state index in [0.29, 0.717) is 11.3 Å². The van der Waals surface area contributed by atoms with Crippen LogP contribution in [0, 0.1) is 12.8 Å². The zero-order valence-electron chi connectivity index (χ0n) is 15.7. The van der Waals surface area contributed by atoms with Gasteiger partial charge in [0.2, 0.25) is 5.91 Å². The number of benzene rings is 1. The van der Waals surface area contributed by atoms with Gasteiger partial charge in [0.25, 0.3) is 5.91 Å². The topological polar surface area (TPSA) is 110 Å². The largest absolute Gasteiger partial charge is 0.279 e. The number of amides is 2. The van der Waals surface area contributed by atoms with Crippen LogP contribution in [0.5, 0.6) is 0 Å². The summed E-state index contributed by atoms with van der Waals surface area (Å²) in [5, 5.41) is 5.42. The highest BCUT2D eigenvalue weighted by Gasteiger charge is 2.29. The molecule has 3 heterocycles. The third-order valence-corrected chi connectivity index (χ3v) is 7.83. The number of sulfone groups is 1. The van der Waals surface area contributed by atoms with Gasteiger partial charge in [0.05, 0.1) is 27.8 Å². The second-order valence-corrected chi connectivity index (χ2v) is 10.4. The van der Waals surface area contributed by atoms with E-state index in [1.54, 1.807) is 10.7 Å². The van der Waals surface area contributed by atoms with E-state index in [1.165, 1.54) is 11.3 Å². The predicted octanol–water partition coefficient (Wildman–Crippen LogP) is 1.98. The molecule has 1 atom stereocenters. The number of nitrogens with one attached hydrogen (secondary N) is 2. The molecule has 8 nitrogen and oxygen atoms in total. The Kier molecular flexibility index (Phi) is 5.13. The monoisotopic (exact) mass is 432 g/mol. The molecule has 10 heteroatoms. The van der Waals surface area contributed by atoms with Crippen LogP contribution in [0.1, 0.15) is 28.2 Å². The average molecular weight is 433 g/mol. The average Bonchev–Trinajstić information content (AvgIpc) is 3.35. The molecule has 1 aromatic carbocycles. The van der Waals surface area contributed by atoms with Crippen LogP contribution in [0.4, 0.5) is 0 Å². The van der Waals surface area contributed by atoms with E-state index in [4.69, 9.17) is 0 Å². The summed E-state index contributed by atoms with van der Waals surface area (Å²) >= 11 is 1.29. The third kappa shape index (κ3) is 4.18. The van der Waals surface area contributed by atoms with Crippen LogP contribution >= 0.6 is 11.3 Å². The van der Waals surface area contributed by atoms with E-state index in [-0.39, 0.29) is 23.8 Å². The minimum atomic E-state index is -3.03. The van der Waals surface area contributed by atoms with Crippen molar-refractivity contribution in [3.8, 4) is 5.69 Å². The minimum Gasteiger partial charge on any atom is -0.273 e. The summed E-state index contributed by atoms with van der Waals surface area (Å²) in [7, 11) is -3.03. The summed E-state index contributed by atoms with van der Waals surface area (Å²) in [6.07, 6.45) is 0.559. The molecular formula is C19H20N4O4S2. The van der Waals surface area contributed by atoms with Crippen molar-refractivity contribution in [1.29, 1.82) is 0 Å². The number of para-hydroxylation sites is 1. The quantitative estimate of drug-likeness (QED) is 0.613. The Labute approximate surface area is 171 Å². The Balaban J connectivity index is 1.43. The standard InChI is InChI=1S/C19H20N4O4S2/c1-12-15-10-16(28-19(15)23(22-12)14-5-3-2-4-6-14)18(25)21-20-17(24)9-13-7-8-29(26,27)11-13/h2-6,10,13H,7-9,11H2,1H3,(H,20,24)(H,21,25). The van der Waals surface area contributed by atoms with Gasteiger partial charge in [-0.15, -0.1) is 11.3 Å². The molecule has 1 fully saturated rings. The Morgan fingerprint density at radius 3 is 2.69 bits per heavy atom. The van der Waals surface area contributed by atoms with Gasteiger partial charge in [-0.1, -0.05) is 18.2 Å². The van der Waals surface area contributed by atoms with E-state index in [0.717, 1.165) is 21.6 Å². The number of hydrogen-bond acceptors (Lipinski definition) is 6. The fourth-order valence-corrected chi connectivity index (χ4v) is 6.38. The summed E-state index contributed by atoms with van der Waals surface area (Å²) in [6.45, 7) is 1.88. The molecule has 0 spiro atoms. The smallest absolute Gasteiger partial charge is 0.273 e. The molecule has 0 radical (unpaired) electrons. The number of rotatable bonds is 4. The molecule has 2 amide bonds. The molecule has 1 aliphatic heterocycles. The molecule has 0 aliphatic carbocycles. The predicted molar refractivity (Wildman–Crippen MR) is 111 cm³/mol. The van der Waals surface area contributed by atoms with Gasteiger partial charge >= 0.3 is 0 Å². The summed E-state index contributed by atoms with van der Waals surface area (Å²) in [5.74, 6) is -0.858. The first-order chi connectivity index (χ1) is 13.8. The summed E-state index contributed by atoms with van der Waals surface area (Å²) in [5.41, 5.74) is 6.51. The Morgan fingerprint density at radius 1 is 1.24 bits per heavy atom. The third-order valence-electron chi connectivity index (χ3n) is 4.89. The van der Waals surface area contributed by atoms with Gasteiger partial charge in [-0.3, -0.25) is 20.4 Å². The second kappa shape index (κ2) is 7.60. The van der Waals surface area contributed by atoms with Crippen molar-refractivity contribution in [3.63, 3.8) is 0 Å². The maximum absolute atomic E-state index is 12.5. The summed E-state index contributed by atoms with van der Waals surface area (Å²) in [4.78, 5) is 25.8. The maximum atomic E-state index is 12.5. The molecule has 1 saturated heterocycles. The zero-order valence-corrected chi connectivity index (χ0v) is 17.3. The fraction of sp³-hybridized carbons (Fsp3) is 0.316. The van der Waals surface area contributed by atoms with Crippen LogP contribution in [0.25, 0.3) is 15.9 Å². The lowest BCUT2D eigenvalue weighted by Gasteiger charge is -2.09. The van der Waals surface area contributed by atoms with Crippen LogP contribution in [-0.4, -0.2) is 41.5 Å². The highest BCUT2D eigenvalue weighted by atomic mass is 32.2. The van der Waals surface area contributed by atoms with E-state index in [1.807, 2.05) is 37.3 Å². The van der Waals surface area contributed by atoms with Gasteiger partial charge in [-0.2, -0.15) is 5.10 Å². The fourth-order valence-electron chi connectivity index (χ4n) is 3.44. The number of carbonyl (C=O) groups excluding carboxylic acids is 2. The number of hydrogen-bond donors (Lipinski definition) is 2. The van der Waals surface area contributed by atoms with Crippen LogP contribution in [0.2, 0.25) is 0 Å². The number of hydrazine groups is 1. The Hall–Kier alpha value is -2.72. The molecular weight excluding hydrogens is 412 g/mol. The second-order valence-electron chi connectivity index (χ2n) is 7.14. The molecule has 2 aromatic heterocycles. The lowest BCUT2D eigenvalue weighted by molar-refractivity contribution is -0.122. The number of nitrogens with zero attached hydrogens (tertiary/aromatic N) is 2. The van der Waals surface area contributed by atoms with Crippen molar-refractivity contribution >= 4 is 43.2 Å². The van der Waals surface area contributed by atoms with Gasteiger partial charge in [-0.05, 0) is 37.5 Å². The van der Waals surface area contributed by atoms with Crippen molar-refractivity contribution in [3.05, 3.63) is 47.0 Å². The Bertz CT molecular complexity index is 1180. The van der Waals surface area contributed by atoms with Crippen LogP contribution in [0.15, 0.2) is 36.4 Å². The van der Waals surface area contributed by atoms with Crippen LogP contribution in [0.3, 0.4) is 0 Å². The molecule has 3 aromatic rings. The van der Waals surface area contributed by atoms with Crippen molar-refractivity contribution in [2.75, 3.05) is 11.5 Å². The lowest BCUT2D eigenvalue weighted by atomic mass is 10.1. The molecule has 4 rings (SSSR count). The molecule has 0 saturated carbocycles. The van der Waals surface area contributed by atoms with Gasteiger partial charge in [0.15, 0.2) is 9.84 Å². The van der Waals surface area contributed by atoms with Crippen molar-refractivity contribution in [2.45, 2.75) is 19.8 Å². The molecule has 2 N–H and O–H groups in total. The molecule has 0 bridgehead atoms. The van der Waals surface area contributed by atoms with Crippen molar-refractivity contribution < 1.29 is 18.0 Å². The van der Waals surface area contributed by atoms with Crippen LogP contribution in [-0.2, 0) is 14.6 Å². The highest BCUT2D eigenvalue weighted by molar-refractivity contribution is 7.91. The van der Waals surface area contributed by atoms with E-state index < -0.39 is 21.7 Å². The normalized spacial score (nSPS) is 18.0. The van der Waals surface area contributed by atoms with Gasteiger partial charge in [-0.25, -0.2) is 13.1 Å². The zero-order chi connectivity index (χ0) is 20.6. The minimum absolute atomic E-state index is 0.0277. The van der Waals surface area contributed by atoms with Gasteiger partial charge < -0.3 is 0 Å². The summed E-state index contributed by atoms with van der Waals surface area (Å²) in [6, 6.07) is 11.4.